The van der Waals surface area contributed by atoms with Crippen LogP contribution in [0.3, 0.4) is 0 Å². The van der Waals surface area contributed by atoms with Gasteiger partial charge in [0.2, 0.25) is 0 Å². The number of allylic oxidation sites excluding steroid dienone is 3. The van der Waals surface area contributed by atoms with E-state index in [0.717, 1.165) is 56.6 Å². The van der Waals surface area contributed by atoms with Gasteiger partial charge in [0, 0.05) is 64.1 Å². The van der Waals surface area contributed by atoms with Gasteiger partial charge in [-0.3, -0.25) is 24.7 Å². The summed E-state index contributed by atoms with van der Waals surface area (Å²) in [7, 11) is 1.67. The van der Waals surface area contributed by atoms with E-state index in [-0.39, 0.29) is 11.8 Å². The molecule has 0 radical (unpaired) electrons. The first kappa shape index (κ1) is 32.3. The lowest BCUT2D eigenvalue weighted by atomic mass is 10.1. The second-order valence-electron chi connectivity index (χ2n) is 9.84. The Morgan fingerprint density at radius 2 is 2.12 bits per heavy atom. The van der Waals surface area contributed by atoms with Crippen LogP contribution in [0.25, 0.3) is 0 Å². The monoisotopic (exact) mass is 595 g/mol. The maximum absolute atomic E-state index is 12.9. The molecule has 0 aliphatic heterocycles. The van der Waals surface area contributed by atoms with Crippen LogP contribution < -0.4 is 5.32 Å². The molecule has 2 aromatic rings. The standard InChI is InChI=1S/C32H39Cl2N5O2/c1-4-5-10-27-11-7-15-37-30(27)22-39(16-14-24(2)41-23-35-3)21-26-9-6-8-25(12-13-26)18-38-32(40)31-28(17-33)19-36-20-29(31)34/h6-7,9,11-13,15,19-20,23H,2,4-5,8,10,14,16-18,21-22H2,1,3H3,(H,38,40). The largest absolute Gasteiger partial charge is 0.451 e. The van der Waals surface area contributed by atoms with Crippen molar-refractivity contribution < 1.29 is 9.53 Å². The second kappa shape index (κ2) is 17.5. The van der Waals surface area contributed by atoms with E-state index in [1.165, 1.54) is 23.7 Å². The van der Waals surface area contributed by atoms with Crippen LogP contribution in [0.15, 0.2) is 83.5 Å². The number of pyridine rings is 2. The summed E-state index contributed by atoms with van der Waals surface area (Å²) in [6, 6.07) is 4.19. The maximum Gasteiger partial charge on any atom is 0.253 e. The van der Waals surface area contributed by atoms with Gasteiger partial charge < -0.3 is 10.1 Å². The molecule has 2 aromatic heterocycles. The second-order valence-corrected chi connectivity index (χ2v) is 10.5. The molecule has 218 valence electrons. The van der Waals surface area contributed by atoms with Gasteiger partial charge in [0.15, 0.2) is 6.40 Å². The Balaban J connectivity index is 1.70. The van der Waals surface area contributed by atoms with Gasteiger partial charge >= 0.3 is 0 Å². The number of hydrogen-bond donors (Lipinski definition) is 1. The predicted octanol–water partition coefficient (Wildman–Crippen LogP) is 6.83. The number of nitrogens with one attached hydrogen (secondary N) is 1. The Morgan fingerprint density at radius 1 is 1.27 bits per heavy atom. The third-order valence-electron chi connectivity index (χ3n) is 6.67. The number of hydrogen-bond acceptors (Lipinski definition) is 6. The minimum absolute atomic E-state index is 0.161. The highest BCUT2D eigenvalue weighted by molar-refractivity contribution is 6.34. The van der Waals surface area contributed by atoms with Gasteiger partial charge in [0.1, 0.15) is 0 Å². The molecule has 0 saturated carbocycles. The average molecular weight is 597 g/mol. The molecular weight excluding hydrogens is 557 g/mol. The first-order valence-electron chi connectivity index (χ1n) is 13.9. The molecule has 0 fully saturated rings. The molecule has 9 heteroatoms. The van der Waals surface area contributed by atoms with E-state index in [2.05, 4.69) is 64.1 Å². The van der Waals surface area contributed by atoms with E-state index < -0.39 is 0 Å². The van der Waals surface area contributed by atoms with E-state index in [4.69, 9.17) is 32.9 Å². The fourth-order valence-corrected chi connectivity index (χ4v) is 4.89. The smallest absolute Gasteiger partial charge is 0.253 e. The minimum Gasteiger partial charge on any atom is -0.451 e. The van der Waals surface area contributed by atoms with Gasteiger partial charge in [-0.15, -0.1) is 11.6 Å². The molecule has 0 unspecified atom stereocenters. The summed E-state index contributed by atoms with van der Waals surface area (Å²) < 4.78 is 5.47. The third-order valence-corrected chi connectivity index (χ3v) is 7.24. The van der Waals surface area contributed by atoms with Crippen LogP contribution in [0.4, 0.5) is 0 Å². The van der Waals surface area contributed by atoms with Gasteiger partial charge in [-0.05, 0) is 47.6 Å². The molecule has 0 aromatic carbocycles. The number of carbonyl (C=O) groups excluding carboxylic acids is 1. The zero-order valence-electron chi connectivity index (χ0n) is 23.9. The Hall–Kier alpha value is -3.26. The molecule has 0 saturated heterocycles. The highest BCUT2D eigenvalue weighted by atomic mass is 35.5. The van der Waals surface area contributed by atoms with Crippen LogP contribution in [0.2, 0.25) is 5.02 Å². The van der Waals surface area contributed by atoms with Crippen molar-refractivity contribution in [1.29, 1.82) is 0 Å². The van der Waals surface area contributed by atoms with E-state index in [1.54, 1.807) is 13.2 Å². The maximum atomic E-state index is 12.9. The Labute approximate surface area is 253 Å². The van der Waals surface area contributed by atoms with Crippen molar-refractivity contribution >= 4 is 35.5 Å². The number of alkyl halides is 1. The summed E-state index contributed by atoms with van der Waals surface area (Å²) in [5.74, 6) is 0.569. The lowest BCUT2D eigenvalue weighted by Gasteiger charge is -2.24. The quantitative estimate of drug-likeness (QED) is 0.0994. The number of aryl methyl sites for hydroxylation is 1. The fourth-order valence-electron chi connectivity index (χ4n) is 4.42. The van der Waals surface area contributed by atoms with Crippen molar-refractivity contribution in [3.63, 3.8) is 0 Å². The molecule has 0 atom stereocenters. The zero-order valence-corrected chi connectivity index (χ0v) is 25.4. The molecule has 1 amide bonds. The molecule has 2 heterocycles. The molecule has 7 nitrogen and oxygen atoms in total. The van der Waals surface area contributed by atoms with Crippen LogP contribution in [-0.4, -0.2) is 53.9 Å². The van der Waals surface area contributed by atoms with Crippen LogP contribution >= 0.6 is 23.2 Å². The summed E-state index contributed by atoms with van der Waals surface area (Å²) in [6.45, 7) is 8.85. The molecule has 1 aliphatic rings. The minimum atomic E-state index is -0.262. The normalized spacial score (nSPS) is 13.2. The van der Waals surface area contributed by atoms with E-state index in [9.17, 15) is 4.79 Å². The zero-order chi connectivity index (χ0) is 29.5. The lowest BCUT2D eigenvalue weighted by Crippen LogP contribution is -2.28. The summed E-state index contributed by atoms with van der Waals surface area (Å²) in [5, 5.41) is 3.27. The highest BCUT2D eigenvalue weighted by Gasteiger charge is 2.16. The van der Waals surface area contributed by atoms with E-state index >= 15 is 0 Å². The van der Waals surface area contributed by atoms with Crippen molar-refractivity contribution in [2.75, 3.05) is 26.7 Å². The number of amides is 1. The Morgan fingerprint density at radius 3 is 2.90 bits per heavy atom. The van der Waals surface area contributed by atoms with Gasteiger partial charge in [-0.1, -0.05) is 61.9 Å². The van der Waals surface area contributed by atoms with Crippen molar-refractivity contribution in [3.8, 4) is 0 Å². The van der Waals surface area contributed by atoms with Gasteiger partial charge in [0.25, 0.3) is 5.91 Å². The molecule has 1 aliphatic carbocycles. The topological polar surface area (TPSA) is 79.7 Å². The molecule has 41 heavy (non-hydrogen) atoms. The van der Waals surface area contributed by atoms with Gasteiger partial charge in [-0.25, -0.2) is 0 Å². The van der Waals surface area contributed by atoms with Gasteiger partial charge in [-0.2, -0.15) is 0 Å². The molecule has 0 bridgehead atoms. The van der Waals surface area contributed by atoms with Crippen molar-refractivity contribution in [2.45, 2.75) is 51.5 Å². The lowest BCUT2D eigenvalue weighted by molar-refractivity contribution is 0.0956. The number of halogens is 2. The van der Waals surface area contributed by atoms with E-state index in [1.807, 2.05) is 12.3 Å². The third kappa shape index (κ3) is 10.6. The fraction of sp³-hybridized carbons (Fsp3) is 0.375. The number of ether oxygens (including phenoxy) is 1. The number of nitrogens with zero attached hydrogens (tertiary/aromatic N) is 4. The highest BCUT2D eigenvalue weighted by Crippen LogP contribution is 2.21. The average Bonchev–Trinajstić information content (AvgIpc) is 3.21. The number of unbranched alkanes of at least 4 members (excludes halogenated alkanes) is 1. The summed E-state index contributed by atoms with van der Waals surface area (Å²) in [4.78, 5) is 27.9. The molecular formula is C32H39Cl2N5O2. The SMILES string of the molecule is C=C(CCN(CC1=CC=C(CNC(=O)c2c(Cl)cncc2CCl)CC=C1)Cc1ncccc1CCCC)OC=NC. The van der Waals surface area contributed by atoms with Crippen molar-refractivity contribution in [2.24, 2.45) is 4.99 Å². The number of rotatable bonds is 16. The Bertz CT molecular complexity index is 1300. The van der Waals surface area contributed by atoms with Gasteiger partial charge in [0.05, 0.1) is 22.0 Å². The van der Waals surface area contributed by atoms with Crippen LogP contribution in [0.1, 0.15) is 59.8 Å². The summed E-state index contributed by atoms with van der Waals surface area (Å²) in [5.41, 5.74) is 5.63. The first-order valence-corrected chi connectivity index (χ1v) is 14.8. The Kier molecular flexibility index (Phi) is 13.8. The van der Waals surface area contributed by atoms with Crippen molar-refractivity contribution in [3.05, 3.63) is 106 Å². The van der Waals surface area contributed by atoms with Crippen molar-refractivity contribution in [1.82, 2.24) is 20.2 Å². The molecule has 3 rings (SSSR count). The number of carbonyl (C=O) groups is 1. The van der Waals surface area contributed by atoms with Crippen LogP contribution in [-0.2, 0) is 23.6 Å². The first-order chi connectivity index (χ1) is 19.9. The molecule has 0 spiro atoms. The molecule has 1 N–H and O–H groups in total. The summed E-state index contributed by atoms with van der Waals surface area (Å²) >= 11 is 12.2. The van der Waals surface area contributed by atoms with Crippen LogP contribution in [0.5, 0.6) is 0 Å². The summed E-state index contributed by atoms with van der Waals surface area (Å²) in [6.07, 6.45) is 19.5. The van der Waals surface area contributed by atoms with Crippen LogP contribution in [0, 0.1) is 0 Å². The number of aliphatic imine (C=N–C) groups is 1. The predicted molar refractivity (Wildman–Crippen MR) is 168 cm³/mol. The van der Waals surface area contributed by atoms with E-state index in [0.29, 0.717) is 34.9 Å². The number of aromatic nitrogens is 2.